The van der Waals surface area contributed by atoms with Gasteiger partial charge in [-0.15, -0.1) is 0 Å². The van der Waals surface area contributed by atoms with E-state index in [1.807, 2.05) is 30.3 Å². The van der Waals surface area contributed by atoms with Crippen molar-refractivity contribution in [1.82, 2.24) is 4.90 Å². The van der Waals surface area contributed by atoms with Crippen LogP contribution in [0.5, 0.6) is 0 Å². The number of benzene rings is 2. The fourth-order valence-corrected chi connectivity index (χ4v) is 3.86. The molecule has 0 radical (unpaired) electrons. The molecule has 3 rings (SSSR count). The van der Waals surface area contributed by atoms with E-state index in [2.05, 4.69) is 24.9 Å². The van der Waals surface area contributed by atoms with Gasteiger partial charge in [0.2, 0.25) is 0 Å². The van der Waals surface area contributed by atoms with Crippen molar-refractivity contribution in [3.63, 3.8) is 0 Å². The van der Waals surface area contributed by atoms with Crippen LogP contribution in [-0.2, 0) is 16.9 Å². The summed E-state index contributed by atoms with van der Waals surface area (Å²) in [4.78, 5) is 2.33. The zero-order valence-corrected chi connectivity index (χ0v) is 15.5. The highest BCUT2D eigenvalue weighted by molar-refractivity contribution is 5.47. The number of rotatable bonds is 7. The van der Waals surface area contributed by atoms with Crippen LogP contribution >= 0.6 is 0 Å². The van der Waals surface area contributed by atoms with E-state index >= 15 is 0 Å². The van der Waals surface area contributed by atoms with Gasteiger partial charge in [-0.25, -0.2) is 4.39 Å². The maximum atomic E-state index is 13.5. The molecule has 0 spiro atoms. The smallest absolute Gasteiger partial charge is 0.123 e. The highest BCUT2D eigenvalue weighted by Crippen LogP contribution is 2.45. The minimum absolute atomic E-state index is 0.246. The zero-order valence-electron chi connectivity index (χ0n) is 15.5. The van der Waals surface area contributed by atoms with Crippen molar-refractivity contribution >= 4 is 0 Å². The molecule has 3 nitrogen and oxygen atoms in total. The van der Waals surface area contributed by atoms with Crippen LogP contribution in [0.15, 0.2) is 42.5 Å². The Kier molecular flexibility index (Phi) is 5.70. The van der Waals surface area contributed by atoms with Crippen molar-refractivity contribution in [2.75, 3.05) is 20.1 Å². The average molecular weight is 352 g/mol. The predicted octanol–water partition coefficient (Wildman–Crippen LogP) is 4.59. The summed E-state index contributed by atoms with van der Waals surface area (Å²) in [6.07, 6.45) is 2.94. The molecular formula is C22H25FN2O. The summed E-state index contributed by atoms with van der Waals surface area (Å²) in [6.45, 7) is 4.73. The summed E-state index contributed by atoms with van der Waals surface area (Å²) < 4.78 is 19.8. The molecule has 4 heteroatoms. The summed E-state index contributed by atoms with van der Waals surface area (Å²) in [6, 6.07) is 14.6. The number of hydrogen-bond acceptors (Lipinski definition) is 3. The summed E-state index contributed by atoms with van der Waals surface area (Å²) in [5.41, 5.74) is 3.20. The van der Waals surface area contributed by atoms with Gasteiger partial charge in [-0.1, -0.05) is 25.1 Å². The van der Waals surface area contributed by atoms with Crippen LogP contribution in [-0.4, -0.2) is 25.0 Å². The van der Waals surface area contributed by atoms with Crippen LogP contribution in [0.3, 0.4) is 0 Å². The van der Waals surface area contributed by atoms with Crippen molar-refractivity contribution < 1.29 is 9.13 Å². The van der Waals surface area contributed by atoms with Gasteiger partial charge in [0.05, 0.1) is 18.2 Å². The SMILES string of the molecule is CCCN(C)CCCC1(c2ccc(F)cc2)OCc2cc(C#N)ccc21. The number of hydrogen-bond donors (Lipinski definition) is 0. The van der Waals surface area contributed by atoms with Gasteiger partial charge in [0, 0.05) is 0 Å². The number of ether oxygens (including phenoxy) is 1. The first-order valence-electron chi connectivity index (χ1n) is 9.21. The molecule has 1 atom stereocenters. The van der Waals surface area contributed by atoms with Crippen molar-refractivity contribution in [3.05, 3.63) is 70.5 Å². The molecule has 0 aromatic heterocycles. The average Bonchev–Trinajstić information content (AvgIpc) is 3.01. The van der Waals surface area contributed by atoms with Crippen LogP contribution < -0.4 is 0 Å². The second-order valence-electron chi connectivity index (χ2n) is 7.01. The third-order valence-corrected chi connectivity index (χ3v) is 5.13. The van der Waals surface area contributed by atoms with Gasteiger partial charge < -0.3 is 9.64 Å². The first-order chi connectivity index (χ1) is 12.6. The molecule has 0 bridgehead atoms. The minimum atomic E-state index is -0.565. The van der Waals surface area contributed by atoms with E-state index in [4.69, 9.17) is 10.00 Å². The van der Waals surface area contributed by atoms with E-state index < -0.39 is 5.60 Å². The summed E-state index contributed by atoms with van der Waals surface area (Å²) >= 11 is 0. The van der Waals surface area contributed by atoms with E-state index in [-0.39, 0.29) is 5.82 Å². The Morgan fingerprint density at radius 2 is 1.96 bits per heavy atom. The lowest BCUT2D eigenvalue weighted by molar-refractivity contribution is -0.0142. The third-order valence-electron chi connectivity index (χ3n) is 5.13. The largest absolute Gasteiger partial charge is 0.361 e. The topological polar surface area (TPSA) is 36.3 Å². The van der Waals surface area contributed by atoms with E-state index in [9.17, 15) is 4.39 Å². The molecule has 0 amide bonds. The fourth-order valence-electron chi connectivity index (χ4n) is 3.86. The normalized spacial score (nSPS) is 18.7. The lowest BCUT2D eigenvalue weighted by Crippen LogP contribution is -2.29. The summed E-state index contributed by atoms with van der Waals surface area (Å²) in [7, 11) is 2.14. The van der Waals surface area contributed by atoms with Gasteiger partial charge >= 0.3 is 0 Å². The Balaban J connectivity index is 1.92. The van der Waals surface area contributed by atoms with E-state index in [1.165, 1.54) is 12.1 Å². The van der Waals surface area contributed by atoms with E-state index in [0.717, 1.165) is 49.0 Å². The second-order valence-corrected chi connectivity index (χ2v) is 7.01. The third kappa shape index (κ3) is 3.65. The first kappa shape index (κ1) is 18.6. The van der Waals surface area contributed by atoms with Crippen LogP contribution in [0.25, 0.3) is 0 Å². The number of halogens is 1. The van der Waals surface area contributed by atoms with Crippen LogP contribution in [0, 0.1) is 17.1 Å². The molecule has 2 aromatic carbocycles. The number of nitriles is 1. The highest BCUT2D eigenvalue weighted by atomic mass is 19.1. The van der Waals surface area contributed by atoms with E-state index in [0.29, 0.717) is 12.2 Å². The number of fused-ring (bicyclic) bond motifs is 1. The molecule has 0 aliphatic carbocycles. The Morgan fingerprint density at radius 1 is 1.19 bits per heavy atom. The molecule has 2 aromatic rings. The molecule has 1 heterocycles. The molecule has 136 valence electrons. The molecule has 0 N–H and O–H groups in total. The van der Waals surface area contributed by atoms with Gasteiger partial charge in [-0.3, -0.25) is 0 Å². The molecule has 1 aliphatic rings. The van der Waals surface area contributed by atoms with Gasteiger partial charge in [-0.2, -0.15) is 5.26 Å². The van der Waals surface area contributed by atoms with Crippen molar-refractivity contribution in [1.29, 1.82) is 5.26 Å². The minimum Gasteiger partial charge on any atom is -0.361 e. The maximum Gasteiger partial charge on any atom is 0.123 e. The Bertz CT molecular complexity index is 797. The standard InChI is InChI=1S/C22H25FN2O/c1-3-12-25(2)13-4-11-22(19-6-8-20(23)9-7-19)21-10-5-17(15-24)14-18(21)16-26-22/h5-10,14H,3-4,11-13,16H2,1-2H3. The fraction of sp³-hybridized carbons (Fsp3) is 0.409. The molecule has 1 unspecified atom stereocenters. The van der Waals surface area contributed by atoms with Crippen molar-refractivity contribution in [2.45, 2.75) is 38.4 Å². The van der Waals surface area contributed by atoms with Crippen molar-refractivity contribution in [3.8, 4) is 6.07 Å². The van der Waals surface area contributed by atoms with Gasteiger partial charge in [0.15, 0.2) is 0 Å². The van der Waals surface area contributed by atoms with Gasteiger partial charge in [0.1, 0.15) is 11.4 Å². The molecular weight excluding hydrogens is 327 g/mol. The van der Waals surface area contributed by atoms with Crippen molar-refractivity contribution in [2.24, 2.45) is 0 Å². The molecule has 0 saturated heterocycles. The van der Waals surface area contributed by atoms with Crippen LogP contribution in [0.4, 0.5) is 4.39 Å². The van der Waals surface area contributed by atoms with Crippen LogP contribution in [0.1, 0.15) is 48.4 Å². The quantitative estimate of drug-likeness (QED) is 0.731. The maximum absolute atomic E-state index is 13.5. The van der Waals surface area contributed by atoms with Gasteiger partial charge in [0.25, 0.3) is 0 Å². The molecule has 1 aliphatic heterocycles. The highest BCUT2D eigenvalue weighted by Gasteiger charge is 2.41. The first-order valence-corrected chi connectivity index (χ1v) is 9.21. The summed E-state index contributed by atoms with van der Waals surface area (Å²) in [5, 5.41) is 9.16. The molecule has 0 fully saturated rings. The molecule has 26 heavy (non-hydrogen) atoms. The lowest BCUT2D eigenvalue weighted by Gasteiger charge is -2.31. The van der Waals surface area contributed by atoms with Gasteiger partial charge in [-0.05, 0) is 80.4 Å². The molecule has 0 saturated carbocycles. The Hall–Kier alpha value is -2.22. The Labute approximate surface area is 155 Å². The second kappa shape index (κ2) is 7.99. The monoisotopic (exact) mass is 352 g/mol. The van der Waals surface area contributed by atoms with Crippen LogP contribution in [0.2, 0.25) is 0 Å². The zero-order chi connectivity index (χ0) is 18.6. The number of nitrogens with zero attached hydrogens (tertiary/aromatic N) is 2. The predicted molar refractivity (Wildman–Crippen MR) is 100 cm³/mol. The summed E-state index contributed by atoms with van der Waals surface area (Å²) in [5.74, 6) is -0.246. The van der Waals surface area contributed by atoms with E-state index in [1.54, 1.807) is 0 Å². The Morgan fingerprint density at radius 3 is 2.65 bits per heavy atom. The lowest BCUT2D eigenvalue weighted by atomic mass is 9.81.